The van der Waals surface area contributed by atoms with Gasteiger partial charge in [-0.25, -0.2) is 4.98 Å². The first-order valence-electron chi connectivity index (χ1n) is 5.57. The summed E-state index contributed by atoms with van der Waals surface area (Å²) in [5, 5.41) is 10.4. The van der Waals surface area contributed by atoms with E-state index < -0.39 is 0 Å². The Kier molecular flexibility index (Phi) is 3.31. The van der Waals surface area contributed by atoms with Crippen molar-refractivity contribution in [3.05, 3.63) is 22.1 Å². The Morgan fingerprint density at radius 1 is 1.41 bits per heavy atom. The highest BCUT2D eigenvalue weighted by Crippen LogP contribution is 2.22. The second kappa shape index (κ2) is 4.58. The maximum absolute atomic E-state index is 5.28. The van der Waals surface area contributed by atoms with Gasteiger partial charge in [-0.1, -0.05) is 5.16 Å². The van der Waals surface area contributed by atoms with Gasteiger partial charge in [-0.05, 0) is 27.7 Å². The van der Waals surface area contributed by atoms with E-state index in [0.717, 1.165) is 22.2 Å². The van der Waals surface area contributed by atoms with Gasteiger partial charge in [0.15, 0.2) is 5.76 Å². The second-order valence-corrected chi connectivity index (χ2v) is 6.10. The molecule has 2 aromatic rings. The van der Waals surface area contributed by atoms with E-state index in [4.69, 9.17) is 4.52 Å². The minimum absolute atomic E-state index is 0.0797. The van der Waals surface area contributed by atoms with Crippen LogP contribution < -0.4 is 5.32 Å². The lowest BCUT2D eigenvalue weighted by molar-refractivity contribution is 0.392. The maximum Gasteiger partial charge on any atom is 0.186 e. The van der Waals surface area contributed by atoms with Crippen molar-refractivity contribution in [2.24, 2.45) is 0 Å². The molecule has 0 saturated carbocycles. The van der Waals surface area contributed by atoms with Crippen LogP contribution in [0.15, 0.2) is 16.0 Å². The highest BCUT2D eigenvalue weighted by molar-refractivity contribution is 7.09. The minimum Gasteiger partial charge on any atom is -0.354 e. The van der Waals surface area contributed by atoms with Gasteiger partial charge in [-0.3, -0.25) is 0 Å². The number of aryl methyl sites for hydroxylation is 1. The SMILES string of the molecule is Cc1nc(-c2cc(CNC(C)(C)C)no2)cs1. The van der Waals surface area contributed by atoms with Crippen LogP contribution in [0.3, 0.4) is 0 Å². The molecule has 1 N–H and O–H groups in total. The van der Waals surface area contributed by atoms with Crippen molar-refractivity contribution in [1.82, 2.24) is 15.5 Å². The Balaban J connectivity index is 2.06. The molecule has 17 heavy (non-hydrogen) atoms. The molecule has 0 atom stereocenters. The van der Waals surface area contributed by atoms with Crippen molar-refractivity contribution in [3.8, 4) is 11.5 Å². The molecule has 0 aromatic carbocycles. The van der Waals surface area contributed by atoms with Gasteiger partial charge in [0.2, 0.25) is 0 Å². The smallest absolute Gasteiger partial charge is 0.186 e. The van der Waals surface area contributed by atoms with Crippen LogP contribution in [0, 0.1) is 6.92 Å². The van der Waals surface area contributed by atoms with E-state index in [1.54, 1.807) is 11.3 Å². The lowest BCUT2D eigenvalue weighted by Crippen LogP contribution is -2.35. The van der Waals surface area contributed by atoms with Crippen molar-refractivity contribution in [1.29, 1.82) is 0 Å². The average molecular weight is 251 g/mol. The molecule has 5 heteroatoms. The third-order valence-corrected chi connectivity index (χ3v) is 3.00. The number of nitrogens with zero attached hydrogens (tertiary/aromatic N) is 2. The van der Waals surface area contributed by atoms with Crippen molar-refractivity contribution in [3.63, 3.8) is 0 Å². The number of thiazole rings is 1. The zero-order valence-corrected chi connectivity index (χ0v) is 11.4. The van der Waals surface area contributed by atoms with E-state index in [1.165, 1.54) is 0 Å². The van der Waals surface area contributed by atoms with Gasteiger partial charge in [0, 0.05) is 23.5 Å². The lowest BCUT2D eigenvalue weighted by atomic mass is 10.1. The largest absolute Gasteiger partial charge is 0.354 e. The summed E-state index contributed by atoms with van der Waals surface area (Å²) < 4.78 is 5.28. The van der Waals surface area contributed by atoms with E-state index >= 15 is 0 Å². The summed E-state index contributed by atoms with van der Waals surface area (Å²) in [4.78, 5) is 4.37. The molecule has 0 spiro atoms. The number of hydrogen-bond donors (Lipinski definition) is 1. The molecule has 0 aliphatic carbocycles. The molecule has 92 valence electrons. The fourth-order valence-corrected chi connectivity index (χ4v) is 1.95. The zero-order chi connectivity index (χ0) is 12.5. The first kappa shape index (κ1) is 12.3. The number of hydrogen-bond acceptors (Lipinski definition) is 5. The summed E-state index contributed by atoms with van der Waals surface area (Å²) in [7, 11) is 0. The van der Waals surface area contributed by atoms with Crippen molar-refractivity contribution >= 4 is 11.3 Å². The molecular formula is C12H17N3OS. The van der Waals surface area contributed by atoms with Crippen LogP contribution in [0.2, 0.25) is 0 Å². The van der Waals surface area contributed by atoms with E-state index in [2.05, 4.69) is 36.2 Å². The molecule has 2 heterocycles. The summed E-state index contributed by atoms with van der Waals surface area (Å²) >= 11 is 1.61. The minimum atomic E-state index is 0.0797. The van der Waals surface area contributed by atoms with Crippen LogP contribution in [0.5, 0.6) is 0 Å². The van der Waals surface area contributed by atoms with Crippen LogP contribution in [0.1, 0.15) is 31.5 Å². The summed E-state index contributed by atoms with van der Waals surface area (Å²) in [6.45, 7) is 9.05. The predicted octanol–water partition coefficient (Wildman–Crippen LogP) is 2.99. The van der Waals surface area contributed by atoms with Crippen LogP contribution in [-0.2, 0) is 6.54 Å². The highest BCUT2D eigenvalue weighted by Gasteiger charge is 2.12. The van der Waals surface area contributed by atoms with Gasteiger partial charge in [0.1, 0.15) is 5.69 Å². The normalized spacial score (nSPS) is 12.0. The summed E-state index contributed by atoms with van der Waals surface area (Å²) in [5.74, 6) is 0.736. The van der Waals surface area contributed by atoms with Crippen LogP contribution >= 0.6 is 11.3 Å². The number of rotatable bonds is 3. The molecule has 0 amide bonds. The molecule has 0 aliphatic heterocycles. The van der Waals surface area contributed by atoms with Gasteiger partial charge in [0.05, 0.1) is 10.7 Å². The summed E-state index contributed by atoms with van der Waals surface area (Å²) in [5.41, 5.74) is 1.85. The van der Waals surface area contributed by atoms with Crippen LogP contribution in [-0.4, -0.2) is 15.7 Å². The van der Waals surface area contributed by atoms with Crippen LogP contribution in [0.4, 0.5) is 0 Å². The van der Waals surface area contributed by atoms with E-state index in [1.807, 2.05) is 18.4 Å². The van der Waals surface area contributed by atoms with Gasteiger partial charge in [-0.15, -0.1) is 11.3 Å². The van der Waals surface area contributed by atoms with E-state index in [9.17, 15) is 0 Å². The molecule has 2 aromatic heterocycles. The number of nitrogens with one attached hydrogen (secondary N) is 1. The molecule has 0 radical (unpaired) electrons. The average Bonchev–Trinajstić information content (AvgIpc) is 2.81. The third-order valence-electron chi connectivity index (χ3n) is 2.23. The van der Waals surface area contributed by atoms with Crippen molar-refractivity contribution in [2.75, 3.05) is 0 Å². The highest BCUT2D eigenvalue weighted by atomic mass is 32.1. The Morgan fingerprint density at radius 2 is 2.18 bits per heavy atom. The standard InChI is InChI=1S/C12H17N3OS/c1-8-14-10(7-17-8)11-5-9(15-16-11)6-13-12(2,3)4/h5,7,13H,6H2,1-4H3. The molecule has 0 aliphatic rings. The third kappa shape index (κ3) is 3.38. The van der Waals surface area contributed by atoms with Gasteiger partial charge >= 0.3 is 0 Å². The molecule has 0 saturated heterocycles. The van der Waals surface area contributed by atoms with Crippen LogP contribution in [0.25, 0.3) is 11.5 Å². The maximum atomic E-state index is 5.28. The zero-order valence-electron chi connectivity index (χ0n) is 10.6. The lowest BCUT2D eigenvalue weighted by Gasteiger charge is -2.19. The fraction of sp³-hybridized carbons (Fsp3) is 0.500. The van der Waals surface area contributed by atoms with Gasteiger partial charge < -0.3 is 9.84 Å². The molecule has 0 bridgehead atoms. The quantitative estimate of drug-likeness (QED) is 0.911. The van der Waals surface area contributed by atoms with E-state index in [0.29, 0.717) is 6.54 Å². The molecule has 0 unspecified atom stereocenters. The molecular weight excluding hydrogens is 234 g/mol. The molecule has 4 nitrogen and oxygen atoms in total. The second-order valence-electron chi connectivity index (χ2n) is 5.04. The fourth-order valence-electron chi connectivity index (χ4n) is 1.35. The molecule has 2 rings (SSSR count). The Hall–Kier alpha value is -1.20. The Labute approximate surface area is 105 Å². The Morgan fingerprint density at radius 3 is 2.76 bits per heavy atom. The van der Waals surface area contributed by atoms with E-state index in [-0.39, 0.29) is 5.54 Å². The first-order valence-corrected chi connectivity index (χ1v) is 6.45. The predicted molar refractivity (Wildman–Crippen MR) is 68.9 cm³/mol. The Bertz CT molecular complexity index is 496. The summed E-state index contributed by atoms with van der Waals surface area (Å²) in [6.07, 6.45) is 0. The first-order chi connectivity index (χ1) is 7.94. The number of aromatic nitrogens is 2. The monoisotopic (exact) mass is 251 g/mol. The topological polar surface area (TPSA) is 51.0 Å². The van der Waals surface area contributed by atoms with Gasteiger partial charge in [-0.2, -0.15) is 0 Å². The summed E-state index contributed by atoms with van der Waals surface area (Å²) in [6, 6.07) is 1.94. The molecule has 0 fully saturated rings. The van der Waals surface area contributed by atoms with Gasteiger partial charge in [0.25, 0.3) is 0 Å². The van der Waals surface area contributed by atoms with Crippen molar-refractivity contribution in [2.45, 2.75) is 39.8 Å². The van der Waals surface area contributed by atoms with Crippen molar-refractivity contribution < 1.29 is 4.52 Å².